The first kappa shape index (κ1) is 22.3. The third-order valence-corrected chi connectivity index (χ3v) is 5.88. The minimum Gasteiger partial charge on any atom is -0.504 e. The number of rotatable bonds is 5. The van der Waals surface area contributed by atoms with E-state index in [1.807, 2.05) is 25.1 Å². The predicted octanol–water partition coefficient (Wildman–Crippen LogP) is 5.27. The van der Waals surface area contributed by atoms with Crippen LogP contribution in [0, 0.1) is 0 Å². The molecule has 1 atom stereocenters. The number of para-hydroxylation sites is 1. The summed E-state index contributed by atoms with van der Waals surface area (Å²) in [5, 5.41) is 21.2. The Balaban J connectivity index is 1.81. The van der Waals surface area contributed by atoms with Gasteiger partial charge in [0.05, 0.1) is 12.0 Å². The summed E-state index contributed by atoms with van der Waals surface area (Å²) in [5.41, 5.74) is 1.90. The second kappa shape index (κ2) is 8.68. The molecule has 0 radical (unpaired) electrons. The molecule has 5 rings (SSSR count). The lowest BCUT2D eigenvalue weighted by molar-refractivity contribution is -0.135. The molecule has 0 saturated carbocycles. The number of carbonyl (C=O) groups excluding carboxylic acids is 1. The van der Waals surface area contributed by atoms with E-state index in [1.165, 1.54) is 6.07 Å². The first-order valence-electron chi connectivity index (χ1n) is 11.0. The normalized spacial score (nSPS) is 14.9. The second-order valence-corrected chi connectivity index (χ2v) is 8.50. The molecule has 176 valence electrons. The van der Waals surface area contributed by atoms with Crippen molar-refractivity contribution in [2.24, 2.45) is 0 Å². The fraction of sp³-hybridized carbons (Fsp3) is 0.143. The van der Waals surface area contributed by atoms with Gasteiger partial charge in [-0.1, -0.05) is 55.1 Å². The first-order chi connectivity index (χ1) is 16.8. The summed E-state index contributed by atoms with van der Waals surface area (Å²) in [6, 6.07) is 17.5. The number of benzene rings is 3. The summed E-state index contributed by atoms with van der Waals surface area (Å²) in [6.07, 6.45) is -0.0843. The highest BCUT2D eigenvalue weighted by Gasteiger charge is 2.37. The molecule has 1 aromatic heterocycles. The van der Waals surface area contributed by atoms with E-state index in [9.17, 15) is 19.8 Å². The number of ether oxygens (including phenoxy) is 2. The van der Waals surface area contributed by atoms with Crippen LogP contribution in [0.25, 0.3) is 22.3 Å². The van der Waals surface area contributed by atoms with Gasteiger partial charge in [0, 0.05) is 23.1 Å². The van der Waals surface area contributed by atoms with E-state index in [4.69, 9.17) is 13.9 Å². The highest BCUT2D eigenvalue weighted by Crippen LogP contribution is 2.53. The average Bonchev–Trinajstić information content (AvgIpc) is 2.85. The minimum atomic E-state index is -0.702. The molecule has 35 heavy (non-hydrogen) atoms. The molecule has 0 saturated heterocycles. The Morgan fingerprint density at radius 2 is 1.77 bits per heavy atom. The van der Waals surface area contributed by atoms with Gasteiger partial charge in [-0.05, 0) is 18.6 Å². The van der Waals surface area contributed by atoms with Crippen LogP contribution in [0.1, 0.15) is 30.4 Å². The molecule has 0 aliphatic carbocycles. The third-order valence-electron chi connectivity index (χ3n) is 5.88. The van der Waals surface area contributed by atoms with Crippen LogP contribution in [0.5, 0.6) is 23.0 Å². The Bertz CT molecular complexity index is 1530. The van der Waals surface area contributed by atoms with Crippen molar-refractivity contribution in [3.05, 3.63) is 94.2 Å². The van der Waals surface area contributed by atoms with E-state index < -0.39 is 28.8 Å². The number of hydrogen-bond acceptors (Lipinski definition) is 7. The molecule has 0 bridgehead atoms. The van der Waals surface area contributed by atoms with Crippen molar-refractivity contribution in [3.63, 3.8) is 0 Å². The molecule has 0 spiro atoms. The van der Waals surface area contributed by atoms with Gasteiger partial charge in [-0.2, -0.15) is 0 Å². The monoisotopic (exact) mass is 470 g/mol. The van der Waals surface area contributed by atoms with Gasteiger partial charge in [-0.15, -0.1) is 0 Å². The molecule has 7 nitrogen and oxygen atoms in total. The smallest absolute Gasteiger partial charge is 0.312 e. The van der Waals surface area contributed by atoms with E-state index >= 15 is 0 Å². The van der Waals surface area contributed by atoms with Gasteiger partial charge < -0.3 is 24.1 Å². The number of phenolic OH excluding ortho intramolecular Hbond substituents is 2. The standard InChI is InChI=1S/C28H22O7/c1-15(2)14-33-20-11-7-6-10-17(20)18-12-22(30)35-28-23(18)27-24(25(31)26(28)32)19(29)13-21(34-27)16-8-4-3-5-9-16/h3-11,13,18,31-32H,1,12,14H2,2H3/t18-/m1/s1. The maximum Gasteiger partial charge on any atom is 0.312 e. The summed E-state index contributed by atoms with van der Waals surface area (Å²) >= 11 is 0. The van der Waals surface area contributed by atoms with Crippen molar-refractivity contribution in [3.8, 4) is 34.3 Å². The zero-order valence-electron chi connectivity index (χ0n) is 18.9. The maximum absolute atomic E-state index is 13.1. The summed E-state index contributed by atoms with van der Waals surface area (Å²) in [7, 11) is 0. The van der Waals surface area contributed by atoms with Crippen molar-refractivity contribution in [2.45, 2.75) is 19.3 Å². The van der Waals surface area contributed by atoms with Crippen molar-refractivity contribution in [1.82, 2.24) is 0 Å². The number of hydrogen-bond donors (Lipinski definition) is 2. The van der Waals surface area contributed by atoms with Gasteiger partial charge >= 0.3 is 5.97 Å². The van der Waals surface area contributed by atoms with Gasteiger partial charge in [0.1, 0.15) is 29.1 Å². The van der Waals surface area contributed by atoms with E-state index in [1.54, 1.807) is 36.4 Å². The van der Waals surface area contributed by atoms with Gasteiger partial charge in [-0.25, -0.2) is 0 Å². The molecule has 1 aliphatic rings. The molecule has 1 aliphatic heterocycles. The number of carbonyl (C=O) groups is 1. The van der Waals surface area contributed by atoms with Gasteiger partial charge in [-0.3, -0.25) is 9.59 Å². The van der Waals surface area contributed by atoms with Gasteiger partial charge in [0.2, 0.25) is 5.75 Å². The molecule has 2 heterocycles. The summed E-state index contributed by atoms with van der Waals surface area (Å²) in [5.74, 6) is -2.11. The highest BCUT2D eigenvalue weighted by molar-refractivity contribution is 5.96. The van der Waals surface area contributed by atoms with Crippen molar-refractivity contribution >= 4 is 16.9 Å². The van der Waals surface area contributed by atoms with Crippen LogP contribution in [-0.2, 0) is 4.79 Å². The fourth-order valence-corrected chi connectivity index (χ4v) is 4.32. The van der Waals surface area contributed by atoms with Crippen molar-refractivity contribution in [2.75, 3.05) is 6.61 Å². The summed E-state index contributed by atoms with van der Waals surface area (Å²) in [4.78, 5) is 25.7. The molecule has 4 aromatic rings. The SMILES string of the molecule is C=C(C)COc1ccccc1[C@H]1CC(=O)Oc2c(O)c(O)c3c(=O)cc(-c4ccccc4)oc3c21. The Labute approximate surface area is 200 Å². The molecule has 0 amide bonds. The van der Waals surface area contributed by atoms with Crippen LogP contribution < -0.4 is 14.9 Å². The Morgan fingerprint density at radius 1 is 1.06 bits per heavy atom. The lowest BCUT2D eigenvalue weighted by Gasteiger charge is -2.28. The molecule has 0 unspecified atom stereocenters. The van der Waals surface area contributed by atoms with E-state index in [0.29, 0.717) is 16.9 Å². The lowest BCUT2D eigenvalue weighted by Crippen LogP contribution is -2.22. The zero-order valence-corrected chi connectivity index (χ0v) is 18.9. The van der Waals surface area contributed by atoms with Crippen LogP contribution in [-0.4, -0.2) is 22.8 Å². The second-order valence-electron chi connectivity index (χ2n) is 8.50. The van der Waals surface area contributed by atoms with E-state index in [-0.39, 0.29) is 41.1 Å². The predicted molar refractivity (Wildman–Crippen MR) is 130 cm³/mol. The maximum atomic E-state index is 13.1. The van der Waals surface area contributed by atoms with Crippen LogP contribution in [0.2, 0.25) is 0 Å². The van der Waals surface area contributed by atoms with E-state index in [0.717, 1.165) is 5.57 Å². The topological polar surface area (TPSA) is 106 Å². The van der Waals surface area contributed by atoms with Crippen LogP contribution in [0.15, 0.2) is 82.0 Å². The van der Waals surface area contributed by atoms with E-state index in [2.05, 4.69) is 6.58 Å². The third kappa shape index (κ3) is 3.91. The van der Waals surface area contributed by atoms with Crippen LogP contribution in [0.3, 0.4) is 0 Å². The summed E-state index contributed by atoms with van der Waals surface area (Å²) < 4.78 is 17.5. The Morgan fingerprint density at radius 3 is 2.51 bits per heavy atom. The largest absolute Gasteiger partial charge is 0.504 e. The molecule has 2 N–H and O–H groups in total. The van der Waals surface area contributed by atoms with Crippen LogP contribution >= 0.6 is 0 Å². The minimum absolute atomic E-state index is 0.0360. The molecular weight excluding hydrogens is 448 g/mol. The number of aromatic hydroxyl groups is 2. The quantitative estimate of drug-likeness (QED) is 0.177. The number of fused-ring (bicyclic) bond motifs is 3. The Hall–Kier alpha value is -4.52. The highest BCUT2D eigenvalue weighted by atomic mass is 16.5. The summed E-state index contributed by atoms with van der Waals surface area (Å²) in [6.45, 7) is 5.97. The van der Waals surface area contributed by atoms with Crippen molar-refractivity contribution in [1.29, 1.82) is 0 Å². The molecular formula is C28H22O7. The number of esters is 1. The zero-order chi connectivity index (χ0) is 24.7. The fourth-order valence-electron chi connectivity index (χ4n) is 4.32. The van der Waals surface area contributed by atoms with Gasteiger partial charge in [0.25, 0.3) is 0 Å². The lowest BCUT2D eigenvalue weighted by atomic mass is 9.84. The first-order valence-corrected chi connectivity index (χ1v) is 11.0. The molecule has 3 aromatic carbocycles. The van der Waals surface area contributed by atoms with Crippen molar-refractivity contribution < 1.29 is 28.9 Å². The average molecular weight is 470 g/mol. The molecule has 0 fully saturated rings. The van der Waals surface area contributed by atoms with Gasteiger partial charge in [0.15, 0.2) is 16.9 Å². The Kier molecular flexibility index (Phi) is 5.53. The van der Waals surface area contributed by atoms with Crippen LogP contribution in [0.4, 0.5) is 0 Å². The number of phenols is 2. The molecule has 7 heteroatoms.